The van der Waals surface area contributed by atoms with Crippen LogP contribution in [0.4, 0.5) is 11.4 Å². The lowest BCUT2D eigenvalue weighted by Crippen LogP contribution is -2.21. The van der Waals surface area contributed by atoms with Crippen LogP contribution in [0.1, 0.15) is 15.3 Å². The van der Waals surface area contributed by atoms with Crippen LogP contribution in [0, 0.1) is 21.4 Å². The van der Waals surface area contributed by atoms with Crippen LogP contribution in [0.2, 0.25) is 0 Å². The van der Waals surface area contributed by atoms with Gasteiger partial charge in [0.25, 0.3) is 11.6 Å². The number of benzene rings is 1. The maximum atomic E-state index is 12.6. The minimum Gasteiger partial charge on any atom is -0.452 e. The van der Waals surface area contributed by atoms with Crippen LogP contribution in [0.3, 0.4) is 0 Å². The lowest BCUT2D eigenvalue weighted by molar-refractivity contribution is -0.384. The molecule has 1 aromatic carbocycles. The number of ether oxygens (including phenoxy) is 1. The molecule has 30 heavy (non-hydrogen) atoms. The zero-order valence-electron chi connectivity index (χ0n) is 15.2. The van der Waals surface area contributed by atoms with E-state index in [1.165, 1.54) is 34.8 Å². The largest absolute Gasteiger partial charge is 0.452 e. The Morgan fingerprint density at radius 2 is 1.97 bits per heavy atom. The molecule has 2 heterocycles. The van der Waals surface area contributed by atoms with Gasteiger partial charge in [-0.3, -0.25) is 14.9 Å². The number of amides is 1. The Hall–Kier alpha value is -3.81. The molecule has 0 saturated carbocycles. The first-order valence-corrected chi connectivity index (χ1v) is 10.2. The highest BCUT2D eigenvalue weighted by Crippen LogP contribution is 2.26. The Bertz CT molecular complexity index is 1150. The van der Waals surface area contributed by atoms with Crippen LogP contribution >= 0.6 is 22.7 Å². The number of thiophene rings is 2. The summed E-state index contributed by atoms with van der Waals surface area (Å²) in [6.45, 7) is -0.576. The average molecular weight is 439 g/mol. The van der Waals surface area contributed by atoms with Gasteiger partial charge in [-0.2, -0.15) is 5.26 Å². The highest BCUT2D eigenvalue weighted by Gasteiger charge is 2.18. The number of hydrogen-bond donors (Lipinski definition) is 1. The second kappa shape index (κ2) is 9.60. The number of rotatable bonds is 7. The summed E-state index contributed by atoms with van der Waals surface area (Å²) >= 11 is 2.83. The molecule has 10 heteroatoms. The van der Waals surface area contributed by atoms with Crippen molar-refractivity contribution in [3.05, 3.63) is 78.7 Å². The van der Waals surface area contributed by atoms with E-state index in [4.69, 9.17) is 10.00 Å². The van der Waals surface area contributed by atoms with Crippen molar-refractivity contribution in [2.24, 2.45) is 0 Å². The highest BCUT2D eigenvalue weighted by molar-refractivity contribution is 7.12. The molecule has 0 bridgehead atoms. The Morgan fingerprint density at radius 3 is 2.60 bits per heavy atom. The molecule has 0 aliphatic rings. The summed E-state index contributed by atoms with van der Waals surface area (Å²) in [7, 11) is 0. The van der Waals surface area contributed by atoms with Crippen LogP contribution in [-0.2, 0) is 14.3 Å². The van der Waals surface area contributed by atoms with E-state index >= 15 is 0 Å². The number of nitro benzene ring substituents is 1. The lowest BCUT2D eigenvalue weighted by Gasteiger charge is -2.09. The number of carbonyl (C=O) groups excluding carboxylic acids is 2. The van der Waals surface area contributed by atoms with Crippen LogP contribution in [0.5, 0.6) is 0 Å². The number of carbonyl (C=O) groups is 2. The smallest absolute Gasteiger partial charge is 0.340 e. The monoisotopic (exact) mass is 439 g/mol. The highest BCUT2D eigenvalue weighted by atomic mass is 32.1. The molecule has 0 unspecified atom stereocenters. The van der Waals surface area contributed by atoms with Crippen molar-refractivity contribution < 1.29 is 19.2 Å². The van der Waals surface area contributed by atoms with E-state index in [0.717, 1.165) is 10.9 Å². The Balaban J connectivity index is 1.68. The third-order valence-corrected chi connectivity index (χ3v) is 5.50. The van der Waals surface area contributed by atoms with Crippen molar-refractivity contribution in [2.75, 3.05) is 11.9 Å². The van der Waals surface area contributed by atoms with Gasteiger partial charge in [-0.1, -0.05) is 12.1 Å². The zero-order chi connectivity index (χ0) is 21.5. The Kier molecular flexibility index (Phi) is 6.69. The Morgan fingerprint density at radius 1 is 1.20 bits per heavy atom. The lowest BCUT2D eigenvalue weighted by atomic mass is 10.1. The fourth-order valence-electron chi connectivity index (χ4n) is 2.42. The van der Waals surface area contributed by atoms with E-state index in [0.29, 0.717) is 10.5 Å². The summed E-state index contributed by atoms with van der Waals surface area (Å²) in [5, 5.41) is 26.1. The summed E-state index contributed by atoms with van der Waals surface area (Å²) in [6.07, 6.45) is 1.70. The van der Waals surface area contributed by atoms with Crippen molar-refractivity contribution in [2.45, 2.75) is 0 Å². The van der Waals surface area contributed by atoms with E-state index in [9.17, 15) is 19.7 Å². The molecule has 2 aromatic heterocycles. The molecule has 0 fully saturated rings. The summed E-state index contributed by atoms with van der Waals surface area (Å²) in [5.74, 6) is -1.33. The summed E-state index contributed by atoms with van der Waals surface area (Å²) < 4.78 is 5.15. The predicted molar refractivity (Wildman–Crippen MR) is 114 cm³/mol. The van der Waals surface area contributed by atoms with Crippen LogP contribution < -0.4 is 5.32 Å². The molecule has 8 nitrogen and oxygen atoms in total. The third-order valence-electron chi connectivity index (χ3n) is 3.78. The fourth-order valence-corrected chi connectivity index (χ4v) is 3.81. The normalized spacial score (nSPS) is 10.8. The van der Waals surface area contributed by atoms with Gasteiger partial charge in [0.15, 0.2) is 6.61 Å². The SMILES string of the molecule is N#Cc1cc([N+](=O)[O-])ccc1NC(=O)COC(=O)C(=Cc1cccs1)c1cccs1. The first-order valence-electron chi connectivity index (χ1n) is 8.42. The van der Waals surface area contributed by atoms with Crippen molar-refractivity contribution in [3.63, 3.8) is 0 Å². The molecule has 0 atom stereocenters. The number of nitrogens with one attached hydrogen (secondary N) is 1. The number of nitro groups is 1. The molecule has 0 spiro atoms. The van der Waals surface area contributed by atoms with Gasteiger partial charge in [-0.05, 0) is 35.0 Å². The molecule has 1 amide bonds. The fraction of sp³-hybridized carbons (Fsp3) is 0.0500. The maximum absolute atomic E-state index is 12.6. The van der Waals surface area contributed by atoms with Gasteiger partial charge in [0, 0.05) is 21.9 Å². The van der Waals surface area contributed by atoms with E-state index < -0.39 is 23.4 Å². The summed E-state index contributed by atoms with van der Waals surface area (Å²) in [6, 6.07) is 12.6. The average Bonchev–Trinajstić information content (AvgIpc) is 3.44. The van der Waals surface area contributed by atoms with Gasteiger partial charge < -0.3 is 10.1 Å². The molecule has 3 rings (SSSR count). The maximum Gasteiger partial charge on any atom is 0.340 e. The van der Waals surface area contributed by atoms with E-state index in [-0.39, 0.29) is 16.9 Å². The van der Waals surface area contributed by atoms with E-state index in [1.807, 2.05) is 22.9 Å². The van der Waals surface area contributed by atoms with Crippen LogP contribution in [0.25, 0.3) is 11.6 Å². The van der Waals surface area contributed by atoms with Crippen molar-refractivity contribution in [3.8, 4) is 6.07 Å². The molecule has 0 aliphatic heterocycles. The molecule has 0 radical (unpaired) electrons. The number of hydrogen-bond acceptors (Lipinski definition) is 8. The van der Waals surface area contributed by atoms with Gasteiger partial charge in [-0.25, -0.2) is 4.79 Å². The van der Waals surface area contributed by atoms with Gasteiger partial charge in [0.2, 0.25) is 0 Å². The number of esters is 1. The van der Waals surface area contributed by atoms with Gasteiger partial charge in [0.05, 0.1) is 21.7 Å². The van der Waals surface area contributed by atoms with Crippen LogP contribution in [0.15, 0.2) is 53.2 Å². The molecule has 0 aliphatic carbocycles. The second-order valence-corrected chi connectivity index (χ2v) is 7.70. The quantitative estimate of drug-likeness (QED) is 0.253. The number of nitrogens with zero attached hydrogens (tertiary/aromatic N) is 2. The minimum atomic E-state index is -0.671. The van der Waals surface area contributed by atoms with Crippen molar-refractivity contribution in [1.82, 2.24) is 0 Å². The number of nitriles is 1. The van der Waals surface area contributed by atoms with Gasteiger partial charge in [0.1, 0.15) is 6.07 Å². The molecular weight excluding hydrogens is 426 g/mol. The first kappa shape index (κ1) is 20.9. The predicted octanol–water partition coefficient (Wildman–Crippen LogP) is 4.31. The van der Waals surface area contributed by atoms with Crippen molar-refractivity contribution >= 4 is 57.6 Å². The third kappa shape index (κ3) is 5.16. The molecule has 1 N–H and O–H groups in total. The molecule has 0 saturated heterocycles. The number of anilines is 1. The molecule has 3 aromatic rings. The summed E-state index contributed by atoms with van der Waals surface area (Å²) in [5.41, 5.74) is 0.0843. The Labute approximate surface area is 178 Å². The van der Waals surface area contributed by atoms with Crippen LogP contribution in [-0.4, -0.2) is 23.4 Å². The molecule has 150 valence electrons. The number of non-ortho nitro benzene ring substituents is 1. The minimum absolute atomic E-state index is 0.0688. The van der Waals surface area contributed by atoms with E-state index in [2.05, 4.69) is 5.32 Å². The van der Waals surface area contributed by atoms with E-state index in [1.54, 1.807) is 24.3 Å². The van der Waals surface area contributed by atoms with Gasteiger partial charge in [-0.15, -0.1) is 22.7 Å². The topological polar surface area (TPSA) is 122 Å². The van der Waals surface area contributed by atoms with Gasteiger partial charge >= 0.3 is 5.97 Å². The first-order chi connectivity index (χ1) is 14.5. The zero-order valence-corrected chi connectivity index (χ0v) is 16.9. The second-order valence-electron chi connectivity index (χ2n) is 5.77. The van der Waals surface area contributed by atoms with Crippen molar-refractivity contribution in [1.29, 1.82) is 5.26 Å². The molecular formula is C20H13N3O5S2. The summed E-state index contributed by atoms with van der Waals surface area (Å²) in [4.78, 5) is 36.5. The standard InChI is InChI=1S/C20H13N3O5S2/c21-11-13-9-14(23(26)27)5-6-17(13)22-19(24)12-28-20(25)16(18-4-2-8-30-18)10-15-3-1-7-29-15/h1-10H,12H2,(H,22,24).